The number of allylic oxidation sites excluding steroid dienone is 2. The normalized spacial score (nSPS) is 47.1. The van der Waals surface area contributed by atoms with Gasteiger partial charge in [-0.05, 0) is 67.3 Å². The third-order valence-electron chi connectivity index (χ3n) is 7.58. The molecule has 2 nitrogen and oxygen atoms in total. The Labute approximate surface area is 135 Å². The average Bonchev–Trinajstić information content (AvgIpc) is 2.48. The molecule has 1 N–H and O–H groups in total. The van der Waals surface area contributed by atoms with Crippen molar-refractivity contribution in [1.29, 1.82) is 0 Å². The van der Waals surface area contributed by atoms with Crippen LogP contribution in [-0.4, -0.2) is 10.9 Å². The van der Waals surface area contributed by atoms with Gasteiger partial charge in [0, 0.05) is 5.41 Å². The second-order valence-corrected chi connectivity index (χ2v) is 9.17. The van der Waals surface area contributed by atoms with E-state index in [0.717, 1.165) is 25.7 Å². The molecular formula is C20H32O2. The molecule has 0 spiro atoms. The van der Waals surface area contributed by atoms with E-state index >= 15 is 0 Å². The quantitative estimate of drug-likeness (QED) is 0.399. The Morgan fingerprint density at radius 3 is 2.55 bits per heavy atom. The molecule has 124 valence electrons. The average molecular weight is 304 g/mol. The first-order valence-corrected chi connectivity index (χ1v) is 8.90. The van der Waals surface area contributed by atoms with E-state index in [9.17, 15) is 5.26 Å². The van der Waals surface area contributed by atoms with Gasteiger partial charge < -0.3 is 0 Å². The first-order valence-electron chi connectivity index (χ1n) is 8.90. The summed E-state index contributed by atoms with van der Waals surface area (Å²) in [5, 5.41) is 9.91. The molecule has 0 saturated heterocycles. The summed E-state index contributed by atoms with van der Waals surface area (Å²) in [5.41, 5.74) is 1.36. The monoisotopic (exact) mass is 304 g/mol. The van der Waals surface area contributed by atoms with Gasteiger partial charge in [0.25, 0.3) is 0 Å². The van der Waals surface area contributed by atoms with Crippen LogP contribution in [0, 0.1) is 22.2 Å². The molecule has 3 aliphatic rings. The van der Waals surface area contributed by atoms with Gasteiger partial charge in [-0.15, -0.1) is 6.58 Å². The van der Waals surface area contributed by atoms with Crippen LogP contribution >= 0.6 is 0 Å². The largest absolute Gasteiger partial charge is 0.251 e. The van der Waals surface area contributed by atoms with E-state index in [1.54, 1.807) is 0 Å². The molecule has 0 aromatic rings. The Hall–Kier alpha value is -0.600. The highest BCUT2D eigenvalue weighted by molar-refractivity contribution is 5.35. The van der Waals surface area contributed by atoms with Crippen LogP contribution in [-0.2, 0) is 4.89 Å². The van der Waals surface area contributed by atoms with Gasteiger partial charge in [0.2, 0.25) is 0 Å². The third-order valence-corrected chi connectivity index (χ3v) is 7.58. The van der Waals surface area contributed by atoms with Crippen LogP contribution in [0.3, 0.4) is 0 Å². The summed E-state index contributed by atoms with van der Waals surface area (Å²) >= 11 is 0. The predicted octanol–water partition coefficient (Wildman–Crippen LogP) is 5.75. The van der Waals surface area contributed by atoms with Crippen molar-refractivity contribution in [2.45, 2.75) is 78.2 Å². The molecule has 2 fully saturated rings. The summed E-state index contributed by atoms with van der Waals surface area (Å²) in [4.78, 5) is 5.30. The molecule has 2 heteroatoms. The smallest absolute Gasteiger partial charge is 0.130 e. The fourth-order valence-electron chi connectivity index (χ4n) is 5.67. The van der Waals surface area contributed by atoms with Gasteiger partial charge in [-0.1, -0.05) is 39.8 Å². The first kappa shape index (κ1) is 16.3. The molecule has 22 heavy (non-hydrogen) atoms. The molecule has 0 heterocycles. The van der Waals surface area contributed by atoms with E-state index in [4.69, 9.17) is 4.89 Å². The summed E-state index contributed by atoms with van der Waals surface area (Å²) in [6.07, 6.45) is 12.4. The molecule has 3 aliphatic carbocycles. The lowest BCUT2D eigenvalue weighted by atomic mass is 9.45. The standard InChI is InChI=1S/C20H32O2/c1-6-18(4)12-13-19(5)15(14-18)9-11-20(22-21)16(19)8-7-10-17(20,2)3/h6,8,15,21H,1,7,9-14H2,2-5H3/t15-,18-,19-,20?/m0/s1. The lowest BCUT2D eigenvalue weighted by Gasteiger charge is -2.61. The molecule has 0 radical (unpaired) electrons. The fraction of sp³-hybridized carbons (Fsp3) is 0.800. The lowest BCUT2D eigenvalue weighted by Crippen LogP contribution is -2.59. The topological polar surface area (TPSA) is 29.5 Å². The lowest BCUT2D eigenvalue weighted by molar-refractivity contribution is -0.352. The predicted molar refractivity (Wildman–Crippen MR) is 90.5 cm³/mol. The van der Waals surface area contributed by atoms with E-state index < -0.39 is 5.60 Å². The zero-order valence-corrected chi connectivity index (χ0v) is 14.7. The molecule has 0 aromatic heterocycles. The van der Waals surface area contributed by atoms with Gasteiger partial charge in [0.15, 0.2) is 0 Å². The van der Waals surface area contributed by atoms with Crippen molar-refractivity contribution < 1.29 is 10.1 Å². The van der Waals surface area contributed by atoms with E-state index in [2.05, 4.69) is 46.4 Å². The van der Waals surface area contributed by atoms with Crippen LogP contribution in [0.15, 0.2) is 24.3 Å². The minimum Gasteiger partial charge on any atom is -0.251 e. The van der Waals surface area contributed by atoms with Crippen molar-refractivity contribution in [2.24, 2.45) is 22.2 Å². The molecule has 4 atom stereocenters. The van der Waals surface area contributed by atoms with Gasteiger partial charge in [-0.25, -0.2) is 4.89 Å². The summed E-state index contributed by atoms with van der Waals surface area (Å²) in [6, 6.07) is 0. The first-order chi connectivity index (χ1) is 10.2. The van der Waals surface area contributed by atoms with Crippen LogP contribution in [0.5, 0.6) is 0 Å². The Morgan fingerprint density at radius 2 is 1.91 bits per heavy atom. The van der Waals surface area contributed by atoms with Gasteiger partial charge in [-0.3, -0.25) is 5.26 Å². The molecule has 0 aromatic carbocycles. The molecule has 0 amide bonds. The van der Waals surface area contributed by atoms with Crippen molar-refractivity contribution in [3.05, 3.63) is 24.3 Å². The Morgan fingerprint density at radius 1 is 1.18 bits per heavy atom. The van der Waals surface area contributed by atoms with Crippen molar-refractivity contribution in [1.82, 2.24) is 0 Å². The minimum atomic E-state index is -0.474. The van der Waals surface area contributed by atoms with Crippen LogP contribution < -0.4 is 0 Å². The maximum Gasteiger partial charge on any atom is 0.130 e. The van der Waals surface area contributed by atoms with Gasteiger partial charge in [0.1, 0.15) is 5.60 Å². The van der Waals surface area contributed by atoms with Gasteiger partial charge >= 0.3 is 0 Å². The van der Waals surface area contributed by atoms with Crippen molar-refractivity contribution in [3.8, 4) is 0 Å². The zero-order valence-electron chi connectivity index (χ0n) is 14.7. The van der Waals surface area contributed by atoms with E-state index in [-0.39, 0.29) is 16.2 Å². The highest BCUT2D eigenvalue weighted by Gasteiger charge is 2.61. The van der Waals surface area contributed by atoms with Crippen LogP contribution in [0.25, 0.3) is 0 Å². The highest BCUT2D eigenvalue weighted by Crippen LogP contribution is 2.65. The van der Waals surface area contributed by atoms with Gasteiger partial charge in [-0.2, -0.15) is 0 Å². The molecule has 0 aliphatic heterocycles. The summed E-state index contributed by atoms with van der Waals surface area (Å²) in [7, 11) is 0. The Bertz CT molecular complexity index is 506. The van der Waals surface area contributed by atoms with Crippen molar-refractivity contribution in [2.75, 3.05) is 0 Å². The Balaban J connectivity index is 2.03. The van der Waals surface area contributed by atoms with Crippen LogP contribution in [0.1, 0.15) is 72.6 Å². The van der Waals surface area contributed by atoms with Crippen molar-refractivity contribution >= 4 is 0 Å². The maximum absolute atomic E-state index is 9.91. The second kappa shape index (κ2) is 4.95. The Kier molecular flexibility index (Phi) is 3.66. The summed E-state index contributed by atoms with van der Waals surface area (Å²) < 4.78 is 0. The van der Waals surface area contributed by atoms with E-state index in [1.807, 2.05) is 0 Å². The van der Waals surface area contributed by atoms with E-state index in [0.29, 0.717) is 5.92 Å². The molecule has 1 unspecified atom stereocenters. The highest BCUT2D eigenvalue weighted by atomic mass is 17.1. The third kappa shape index (κ3) is 1.99. The molecule has 2 saturated carbocycles. The summed E-state index contributed by atoms with van der Waals surface area (Å²) in [6.45, 7) is 13.4. The van der Waals surface area contributed by atoms with Crippen LogP contribution in [0.4, 0.5) is 0 Å². The van der Waals surface area contributed by atoms with Crippen molar-refractivity contribution in [3.63, 3.8) is 0 Å². The molecular weight excluding hydrogens is 272 g/mol. The van der Waals surface area contributed by atoms with E-state index in [1.165, 1.54) is 24.8 Å². The number of hydrogen-bond acceptors (Lipinski definition) is 2. The maximum atomic E-state index is 9.91. The second-order valence-electron chi connectivity index (χ2n) is 9.17. The number of rotatable bonds is 2. The SMILES string of the molecule is C=C[C@@]1(C)CC[C@]2(C)C3=CCCC(C)(C)C3(OO)CC[C@H]2C1. The zero-order chi connectivity index (χ0) is 16.2. The molecule has 0 bridgehead atoms. The number of fused-ring (bicyclic) bond motifs is 3. The number of hydrogen-bond donors (Lipinski definition) is 1. The fourth-order valence-corrected chi connectivity index (χ4v) is 5.67. The molecule has 3 rings (SSSR count). The minimum absolute atomic E-state index is 0.000992. The summed E-state index contributed by atoms with van der Waals surface area (Å²) in [5.74, 6) is 0.674. The van der Waals surface area contributed by atoms with Crippen LogP contribution in [0.2, 0.25) is 0 Å². The van der Waals surface area contributed by atoms with Gasteiger partial charge in [0.05, 0.1) is 0 Å².